The molecule has 0 amide bonds. The van der Waals surface area contributed by atoms with Crippen LogP contribution in [0.2, 0.25) is 0 Å². The molecular formula is C21H23N5O4. The predicted molar refractivity (Wildman–Crippen MR) is 112 cm³/mol. The number of allylic oxidation sites excluding steroid dienone is 1. The third kappa shape index (κ3) is 3.07. The fraction of sp³-hybridized carbons (Fsp3) is 0.333. The summed E-state index contributed by atoms with van der Waals surface area (Å²) in [6.07, 6.45) is 4.61. The number of benzene rings is 1. The molecule has 2 heterocycles. The lowest BCUT2D eigenvalue weighted by Gasteiger charge is -2.29. The molecule has 0 spiro atoms. The van der Waals surface area contributed by atoms with Gasteiger partial charge in [0.05, 0.1) is 29.9 Å². The van der Waals surface area contributed by atoms with Gasteiger partial charge in [-0.05, 0) is 19.0 Å². The monoisotopic (exact) mass is 409 g/mol. The molecule has 0 unspecified atom stereocenters. The van der Waals surface area contributed by atoms with E-state index in [0.29, 0.717) is 27.7 Å². The molecule has 0 bridgehead atoms. The van der Waals surface area contributed by atoms with Crippen molar-refractivity contribution < 1.29 is 9.53 Å². The number of esters is 1. The van der Waals surface area contributed by atoms with Crippen LogP contribution in [0.5, 0.6) is 0 Å². The van der Waals surface area contributed by atoms with E-state index in [1.54, 1.807) is 0 Å². The van der Waals surface area contributed by atoms with Crippen molar-refractivity contribution in [3.8, 4) is 0 Å². The van der Waals surface area contributed by atoms with Crippen molar-refractivity contribution in [1.29, 1.82) is 0 Å². The number of aromatic amines is 1. The number of aromatic nitrogens is 4. The largest absolute Gasteiger partial charge is 0.465 e. The maximum Gasteiger partial charge on any atom is 0.347 e. The Kier molecular flexibility index (Phi) is 5.13. The van der Waals surface area contributed by atoms with Gasteiger partial charge in [0.15, 0.2) is 0 Å². The molecule has 2 aromatic heterocycles. The zero-order valence-electron chi connectivity index (χ0n) is 17.0. The zero-order valence-corrected chi connectivity index (χ0v) is 17.0. The molecule has 0 radical (unpaired) electrons. The third-order valence-electron chi connectivity index (χ3n) is 5.33. The zero-order chi connectivity index (χ0) is 21.4. The smallest absolute Gasteiger partial charge is 0.347 e. The van der Waals surface area contributed by atoms with Crippen molar-refractivity contribution in [2.24, 2.45) is 7.05 Å². The first-order valence-corrected chi connectivity index (χ1v) is 9.78. The lowest BCUT2D eigenvalue weighted by Crippen LogP contribution is -2.33. The minimum Gasteiger partial charge on any atom is -0.465 e. The van der Waals surface area contributed by atoms with Gasteiger partial charge in [0.25, 0.3) is 0 Å². The minimum absolute atomic E-state index is 0.284. The van der Waals surface area contributed by atoms with Crippen molar-refractivity contribution in [3.05, 3.63) is 74.2 Å². The van der Waals surface area contributed by atoms with E-state index in [4.69, 9.17) is 9.72 Å². The Bertz CT molecular complexity index is 1270. The molecule has 1 aromatic carbocycles. The fourth-order valence-corrected chi connectivity index (χ4v) is 3.85. The highest BCUT2D eigenvalue weighted by Gasteiger charge is 2.33. The first-order valence-electron chi connectivity index (χ1n) is 9.78. The molecule has 0 saturated carbocycles. The van der Waals surface area contributed by atoms with Crippen LogP contribution in [0.4, 0.5) is 0 Å². The number of pyridine rings is 1. The van der Waals surface area contributed by atoms with Gasteiger partial charge in [-0.1, -0.05) is 37.3 Å². The first-order chi connectivity index (χ1) is 14.5. The SMILES string of the molecule is CCCN[C@@H]1C=C[C@H](n2[nH]c(=O)n(C)c2=O)c2nc3ccccc3c(C(=O)OC)c21. The van der Waals surface area contributed by atoms with E-state index in [-0.39, 0.29) is 6.04 Å². The van der Waals surface area contributed by atoms with E-state index in [9.17, 15) is 14.4 Å². The van der Waals surface area contributed by atoms with Gasteiger partial charge >= 0.3 is 17.3 Å². The molecule has 3 aromatic rings. The number of nitrogens with one attached hydrogen (secondary N) is 2. The van der Waals surface area contributed by atoms with Crippen LogP contribution < -0.4 is 16.7 Å². The van der Waals surface area contributed by atoms with E-state index >= 15 is 0 Å². The van der Waals surface area contributed by atoms with Gasteiger partial charge in [0, 0.05) is 18.0 Å². The van der Waals surface area contributed by atoms with Gasteiger partial charge in [0.2, 0.25) is 0 Å². The fourth-order valence-electron chi connectivity index (χ4n) is 3.85. The number of carbonyl (C=O) groups is 1. The van der Waals surface area contributed by atoms with Crippen LogP contribution in [0.25, 0.3) is 10.9 Å². The molecule has 9 nitrogen and oxygen atoms in total. The maximum absolute atomic E-state index is 12.9. The number of carbonyl (C=O) groups excluding carboxylic acids is 1. The van der Waals surface area contributed by atoms with Crippen molar-refractivity contribution in [1.82, 2.24) is 24.6 Å². The molecule has 4 rings (SSSR count). The van der Waals surface area contributed by atoms with Crippen molar-refractivity contribution in [3.63, 3.8) is 0 Å². The summed E-state index contributed by atoms with van der Waals surface area (Å²) in [5.74, 6) is -0.476. The molecular weight excluding hydrogens is 386 g/mol. The van der Waals surface area contributed by atoms with Crippen molar-refractivity contribution in [2.75, 3.05) is 13.7 Å². The molecule has 30 heavy (non-hydrogen) atoms. The third-order valence-corrected chi connectivity index (χ3v) is 5.33. The molecule has 1 aliphatic carbocycles. The summed E-state index contributed by atoms with van der Waals surface area (Å²) in [7, 11) is 2.75. The highest BCUT2D eigenvalue weighted by molar-refractivity contribution is 6.05. The van der Waals surface area contributed by atoms with E-state index in [2.05, 4.69) is 17.3 Å². The van der Waals surface area contributed by atoms with E-state index < -0.39 is 23.4 Å². The van der Waals surface area contributed by atoms with E-state index in [1.807, 2.05) is 36.4 Å². The van der Waals surface area contributed by atoms with Crippen LogP contribution in [0.15, 0.2) is 46.0 Å². The normalized spacial score (nSPS) is 17.8. The number of rotatable bonds is 5. The van der Waals surface area contributed by atoms with Crippen LogP contribution in [0, 0.1) is 0 Å². The number of para-hydroxylation sites is 1. The second kappa shape index (κ2) is 7.75. The Morgan fingerprint density at radius 2 is 2.03 bits per heavy atom. The quantitative estimate of drug-likeness (QED) is 0.487. The number of hydrogen-bond acceptors (Lipinski definition) is 6. The average Bonchev–Trinajstić information content (AvgIpc) is 3.02. The van der Waals surface area contributed by atoms with Gasteiger partial charge < -0.3 is 10.1 Å². The second-order valence-corrected chi connectivity index (χ2v) is 7.18. The van der Waals surface area contributed by atoms with Gasteiger partial charge in [-0.3, -0.25) is 0 Å². The lowest BCUT2D eigenvalue weighted by molar-refractivity contribution is 0.0601. The summed E-state index contributed by atoms with van der Waals surface area (Å²) >= 11 is 0. The summed E-state index contributed by atoms with van der Waals surface area (Å²) in [5.41, 5.74) is 1.18. The Labute approximate surface area is 172 Å². The van der Waals surface area contributed by atoms with Gasteiger partial charge in [-0.25, -0.2) is 33.7 Å². The predicted octanol–water partition coefficient (Wildman–Crippen LogP) is 1.41. The Hall–Kier alpha value is -3.46. The Morgan fingerprint density at radius 1 is 1.27 bits per heavy atom. The molecule has 156 valence electrons. The van der Waals surface area contributed by atoms with E-state index in [1.165, 1.54) is 18.8 Å². The molecule has 2 atom stereocenters. The van der Waals surface area contributed by atoms with Crippen LogP contribution >= 0.6 is 0 Å². The Balaban J connectivity index is 2.05. The molecule has 0 saturated heterocycles. The number of ether oxygens (including phenoxy) is 1. The summed E-state index contributed by atoms with van der Waals surface area (Å²) in [6.45, 7) is 2.78. The van der Waals surface area contributed by atoms with Crippen LogP contribution in [0.3, 0.4) is 0 Å². The summed E-state index contributed by atoms with van der Waals surface area (Å²) in [6, 6.07) is 6.37. The number of H-pyrrole nitrogens is 1. The Morgan fingerprint density at radius 3 is 2.70 bits per heavy atom. The highest BCUT2D eigenvalue weighted by atomic mass is 16.5. The van der Waals surface area contributed by atoms with Gasteiger partial charge in [-0.15, -0.1) is 0 Å². The molecule has 1 aliphatic rings. The summed E-state index contributed by atoms with van der Waals surface area (Å²) < 4.78 is 7.33. The molecule has 9 heteroatoms. The summed E-state index contributed by atoms with van der Waals surface area (Å²) in [5, 5.41) is 6.67. The topological polar surface area (TPSA) is 111 Å². The highest BCUT2D eigenvalue weighted by Crippen LogP contribution is 2.37. The standard InChI is InChI=1S/C21H23N5O4/c1-4-11-22-14-9-10-15(26-21(29)25(2)20(28)24-26)18-17(14)16(19(27)30-3)12-7-5-6-8-13(12)23-18/h5-10,14-15,22H,4,11H2,1-3H3,(H,24,28)/t14-,15+/m1/s1. The lowest BCUT2D eigenvalue weighted by atomic mass is 9.87. The minimum atomic E-state index is -0.658. The van der Waals surface area contributed by atoms with Gasteiger partial charge in [0.1, 0.15) is 6.04 Å². The molecule has 2 N–H and O–H groups in total. The number of fused-ring (bicyclic) bond motifs is 2. The number of nitrogens with zero attached hydrogens (tertiary/aromatic N) is 3. The molecule has 0 aliphatic heterocycles. The molecule has 0 fully saturated rings. The summed E-state index contributed by atoms with van der Waals surface area (Å²) in [4.78, 5) is 42.3. The average molecular weight is 409 g/mol. The van der Waals surface area contributed by atoms with Gasteiger partial charge in [-0.2, -0.15) is 0 Å². The first kappa shape index (κ1) is 19.8. The van der Waals surface area contributed by atoms with E-state index in [0.717, 1.165) is 17.5 Å². The number of methoxy groups -OCH3 is 1. The maximum atomic E-state index is 12.9. The van der Waals surface area contributed by atoms with Crippen molar-refractivity contribution >= 4 is 16.9 Å². The second-order valence-electron chi connectivity index (χ2n) is 7.18. The van der Waals surface area contributed by atoms with Crippen LogP contribution in [-0.2, 0) is 11.8 Å². The van der Waals surface area contributed by atoms with Crippen LogP contribution in [-0.4, -0.2) is 39.0 Å². The van der Waals surface area contributed by atoms with Crippen molar-refractivity contribution in [2.45, 2.75) is 25.4 Å². The number of hydrogen-bond donors (Lipinski definition) is 2. The van der Waals surface area contributed by atoms with Crippen LogP contribution in [0.1, 0.15) is 47.0 Å².